The highest BCUT2D eigenvalue weighted by molar-refractivity contribution is 5.38. The lowest BCUT2D eigenvalue weighted by Gasteiger charge is -2.26. The van der Waals surface area contributed by atoms with Crippen molar-refractivity contribution < 1.29 is 0 Å². The summed E-state index contributed by atoms with van der Waals surface area (Å²) in [6.45, 7) is 4.47. The number of benzene rings is 2. The molecule has 0 heterocycles. The van der Waals surface area contributed by atoms with E-state index < -0.39 is 0 Å². The maximum atomic E-state index is 9.19. The van der Waals surface area contributed by atoms with Gasteiger partial charge in [0.05, 0.1) is 17.7 Å². The molecule has 0 fully saturated rings. The van der Waals surface area contributed by atoms with Crippen LogP contribution >= 0.6 is 0 Å². The number of hydrogen-bond acceptors (Lipinski definition) is 2. The van der Waals surface area contributed by atoms with Gasteiger partial charge in [-0.3, -0.25) is 0 Å². The minimum atomic E-state index is 0.131. The minimum Gasteiger partial charge on any atom is -0.303 e. The monoisotopic (exact) mass is 306 g/mol. The first-order chi connectivity index (χ1) is 11.3. The van der Waals surface area contributed by atoms with E-state index in [-0.39, 0.29) is 6.04 Å². The Hall–Kier alpha value is -2.11. The second-order valence-corrected chi connectivity index (χ2v) is 6.00. The predicted molar refractivity (Wildman–Crippen MR) is 96.2 cm³/mol. The van der Waals surface area contributed by atoms with Crippen molar-refractivity contribution in [3.8, 4) is 6.07 Å². The quantitative estimate of drug-likeness (QED) is 0.727. The van der Waals surface area contributed by atoms with Gasteiger partial charge in [-0.05, 0) is 36.1 Å². The summed E-state index contributed by atoms with van der Waals surface area (Å²) in [6, 6.07) is 21.3. The fraction of sp³-hybridized carbons (Fsp3) is 0.381. The maximum Gasteiger partial charge on any atom is 0.0991 e. The molecule has 0 saturated carbocycles. The van der Waals surface area contributed by atoms with Crippen LogP contribution in [0.3, 0.4) is 0 Å². The van der Waals surface area contributed by atoms with Gasteiger partial charge in [0.25, 0.3) is 0 Å². The van der Waals surface area contributed by atoms with E-state index in [4.69, 9.17) is 0 Å². The van der Waals surface area contributed by atoms with Gasteiger partial charge < -0.3 is 5.32 Å². The SMILES string of the molecule is CCCCC(CC)NC(c1ccccc1)c1cccc(C#N)c1. The van der Waals surface area contributed by atoms with Gasteiger partial charge in [-0.15, -0.1) is 0 Å². The Bertz CT molecular complexity index is 628. The summed E-state index contributed by atoms with van der Waals surface area (Å²) in [5, 5.41) is 13.0. The standard InChI is InChI=1S/C21H26N2/c1-3-5-14-20(4-2)23-21(18-11-7-6-8-12-18)19-13-9-10-17(15-19)16-22/h6-13,15,20-21,23H,3-5,14H2,1-2H3. The molecule has 2 aromatic carbocycles. The first kappa shape index (κ1) is 17.2. The molecular weight excluding hydrogens is 280 g/mol. The summed E-state index contributed by atoms with van der Waals surface area (Å²) in [7, 11) is 0. The van der Waals surface area contributed by atoms with Crippen molar-refractivity contribution in [2.24, 2.45) is 0 Å². The van der Waals surface area contributed by atoms with E-state index in [1.165, 1.54) is 24.8 Å². The van der Waals surface area contributed by atoms with Crippen molar-refractivity contribution in [3.05, 3.63) is 71.3 Å². The van der Waals surface area contributed by atoms with Gasteiger partial charge in [0.15, 0.2) is 0 Å². The van der Waals surface area contributed by atoms with Crippen molar-refractivity contribution in [2.45, 2.75) is 51.6 Å². The van der Waals surface area contributed by atoms with Crippen LogP contribution in [0.5, 0.6) is 0 Å². The third kappa shape index (κ3) is 4.94. The van der Waals surface area contributed by atoms with E-state index >= 15 is 0 Å². The Labute approximate surface area is 140 Å². The molecule has 0 bridgehead atoms. The zero-order valence-corrected chi connectivity index (χ0v) is 14.1. The number of hydrogen-bond donors (Lipinski definition) is 1. The lowest BCUT2D eigenvalue weighted by molar-refractivity contribution is 0.422. The Morgan fingerprint density at radius 1 is 1.00 bits per heavy atom. The molecule has 23 heavy (non-hydrogen) atoms. The molecule has 2 unspecified atom stereocenters. The van der Waals surface area contributed by atoms with Gasteiger partial charge in [-0.1, -0.05) is 69.2 Å². The molecule has 2 aromatic rings. The molecule has 0 aromatic heterocycles. The van der Waals surface area contributed by atoms with Gasteiger partial charge in [0.2, 0.25) is 0 Å². The molecule has 0 saturated heterocycles. The average molecular weight is 306 g/mol. The first-order valence-electron chi connectivity index (χ1n) is 8.59. The molecule has 2 atom stereocenters. The number of nitrogens with one attached hydrogen (secondary N) is 1. The summed E-state index contributed by atoms with van der Waals surface area (Å²) in [6.07, 6.45) is 4.76. The third-order valence-corrected chi connectivity index (χ3v) is 4.28. The second kappa shape index (κ2) is 9.12. The number of rotatable bonds is 8. The van der Waals surface area contributed by atoms with Gasteiger partial charge >= 0.3 is 0 Å². The normalized spacial score (nSPS) is 13.3. The lowest BCUT2D eigenvalue weighted by Crippen LogP contribution is -2.33. The summed E-state index contributed by atoms with van der Waals surface area (Å²) in [4.78, 5) is 0. The molecule has 0 aliphatic carbocycles. The fourth-order valence-corrected chi connectivity index (χ4v) is 2.91. The molecule has 0 spiro atoms. The predicted octanol–water partition coefficient (Wildman–Crippen LogP) is 5.21. The van der Waals surface area contributed by atoms with E-state index in [1.807, 2.05) is 24.3 Å². The van der Waals surface area contributed by atoms with Crippen molar-refractivity contribution in [1.82, 2.24) is 5.32 Å². The van der Waals surface area contributed by atoms with Crippen LogP contribution in [-0.4, -0.2) is 6.04 Å². The van der Waals surface area contributed by atoms with Crippen LogP contribution in [-0.2, 0) is 0 Å². The third-order valence-electron chi connectivity index (χ3n) is 4.28. The number of unbranched alkanes of at least 4 members (excludes halogenated alkanes) is 1. The topological polar surface area (TPSA) is 35.8 Å². The fourth-order valence-electron chi connectivity index (χ4n) is 2.91. The maximum absolute atomic E-state index is 9.19. The number of nitrogens with zero attached hydrogens (tertiary/aromatic N) is 1. The van der Waals surface area contributed by atoms with Crippen LogP contribution in [0.15, 0.2) is 54.6 Å². The Morgan fingerprint density at radius 2 is 1.74 bits per heavy atom. The van der Waals surface area contributed by atoms with Crippen LogP contribution in [0.25, 0.3) is 0 Å². The highest BCUT2D eigenvalue weighted by Crippen LogP contribution is 2.24. The summed E-state index contributed by atoms with van der Waals surface area (Å²) in [5.41, 5.74) is 3.12. The van der Waals surface area contributed by atoms with Crippen molar-refractivity contribution in [2.75, 3.05) is 0 Å². The Kier molecular flexibility index (Phi) is 6.84. The lowest BCUT2D eigenvalue weighted by atomic mass is 9.95. The van der Waals surface area contributed by atoms with E-state index in [2.05, 4.69) is 55.6 Å². The second-order valence-electron chi connectivity index (χ2n) is 6.00. The molecule has 0 aliphatic heterocycles. The summed E-state index contributed by atoms with van der Waals surface area (Å²) >= 11 is 0. The molecular formula is C21H26N2. The first-order valence-corrected chi connectivity index (χ1v) is 8.59. The van der Waals surface area contributed by atoms with Crippen LogP contribution in [0.2, 0.25) is 0 Å². The summed E-state index contributed by atoms with van der Waals surface area (Å²) in [5.74, 6) is 0. The van der Waals surface area contributed by atoms with Gasteiger partial charge in [-0.25, -0.2) is 0 Å². The highest BCUT2D eigenvalue weighted by Gasteiger charge is 2.18. The van der Waals surface area contributed by atoms with Gasteiger partial charge in [0.1, 0.15) is 0 Å². The van der Waals surface area contributed by atoms with Gasteiger partial charge in [-0.2, -0.15) is 5.26 Å². The van der Waals surface area contributed by atoms with Crippen LogP contribution < -0.4 is 5.32 Å². The molecule has 2 nitrogen and oxygen atoms in total. The van der Waals surface area contributed by atoms with E-state index in [9.17, 15) is 5.26 Å². The average Bonchev–Trinajstić information content (AvgIpc) is 2.63. The molecule has 120 valence electrons. The molecule has 0 aliphatic rings. The van der Waals surface area contributed by atoms with E-state index in [0.717, 1.165) is 12.0 Å². The van der Waals surface area contributed by atoms with Crippen LogP contribution in [0.1, 0.15) is 62.3 Å². The molecule has 0 radical (unpaired) electrons. The van der Waals surface area contributed by atoms with Gasteiger partial charge in [0, 0.05) is 6.04 Å². The zero-order valence-electron chi connectivity index (χ0n) is 14.1. The number of nitriles is 1. The van der Waals surface area contributed by atoms with Crippen molar-refractivity contribution >= 4 is 0 Å². The highest BCUT2D eigenvalue weighted by atomic mass is 14.9. The largest absolute Gasteiger partial charge is 0.303 e. The zero-order chi connectivity index (χ0) is 16.5. The Morgan fingerprint density at radius 3 is 2.39 bits per heavy atom. The Balaban J connectivity index is 2.30. The van der Waals surface area contributed by atoms with Crippen molar-refractivity contribution in [3.63, 3.8) is 0 Å². The van der Waals surface area contributed by atoms with Crippen molar-refractivity contribution in [1.29, 1.82) is 5.26 Å². The molecule has 2 rings (SSSR count). The summed E-state index contributed by atoms with van der Waals surface area (Å²) < 4.78 is 0. The van der Waals surface area contributed by atoms with Crippen LogP contribution in [0.4, 0.5) is 0 Å². The van der Waals surface area contributed by atoms with E-state index in [1.54, 1.807) is 0 Å². The molecule has 0 amide bonds. The van der Waals surface area contributed by atoms with E-state index in [0.29, 0.717) is 11.6 Å². The molecule has 2 heteroatoms. The molecule has 1 N–H and O–H groups in total. The smallest absolute Gasteiger partial charge is 0.0991 e. The minimum absolute atomic E-state index is 0.131. The van der Waals surface area contributed by atoms with Crippen LogP contribution in [0, 0.1) is 11.3 Å².